The number of para-hydroxylation sites is 2. The molecule has 1 unspecified atom stereocenters. The molecule has 0 amide bonds. The third kappa shape index (κ3) is 3.08. The normalized spacial score (nSPS) is 17.7. The summed E-state index contributed by atoms with van der Waals surface area (Å²) in [5.41, 5.74) is 1.30. The lowest BCUT2D eigenvalue weighted by Gasteiger charge is -2.24. The SMILES string of the molecule is FC(F)(F)c1ccccc1-n1ccc(C2OCCN2c2ccccc2)c1. The third-order valence-electron chi connectivity index (χ3n) is 4.47. The monoisotopic (exact) mass is 358 g/mol. The van der Waals surface area contributed by atoms with Gasteiger partial charge in [-0.3, -0.25) is 0 Å². The van der Waals surface area contributed by atoms with E-state index in [2.05, 4.69) is 4.90 Å². The molecule has 0 bridgehead atoms. The Kier molecular flexibility index (Phi) is 4.20. The van der Waals surface area contributed by atoms with E-state index in [1.807, 2.05) is 30.3 Å². The highest BCUT2D eigenvalue weighted by molar-refractivity contribution is 5.50. The van der Waals surface area contributed by atoms with Crippen molar-refractivity contribution >= 4 is 5.69 Å². The molecule has 2 aromatic carbocycles. The molecule has 0 N–H and O–H groups in total. The van der Waals surface area contributed by atoms with Crippen LogP contribution in [0.15, 0.2) is 73.1 Å². The van der Waals surface area contributed by atoms with Crippen LogP contribution in [0.2, 0.25) is 0 Å². The van der Waals surface area contributed by atoms with Crippen LogP contribution in [-0.4, -0.2) is 17.7 Å². The number of nitrogens with zero attached hydrogens (tertiary/aromatic N) is 2. The Morgan fingerprint density at radius 2 is 1.65 bits per heavy atom. The fourth-order valence-electron chi connectivity index (χ4n) is 3.28. The van der Waals surface area contributed by atoms with Crippen molar-refractivity contribution in [2.75, 3.05) is 18.1 Å². The quantitative estimate of drug-likeness (QED) is 0.653. The van der Waals surface area contributed by atoms with Crippen molar-refractivity contribution in [3.8, 4) is 5.69 Å². The highest BCUT2D eigenvalue weighted by Crippen LogP contribution is 2.36. The highest BCUT2D eigenvalue weighted by Gasteiger charge is 2.34. The van der Waals surface area contributed by atoms with Gasteiger partial charge in [0.1, 0.15) is 0 Å². The van der Waals surface area contributed by atoms with Crippen molar-refractivity contribution in [2.24, 2.45) is 0 Å². The zero-order valence-corrected chi connectivity index (χ0v) is 13.9. The van der Waals surface area contributed by atoms with E-state index in [-0.39, 0.29) is 11.9 Å². The number of halogens is 3. The van der Waals surface area contributed by atoms with Crippen LogP contribution in [0.1, 0.15) is 17.4 Å². The summed E-state index contributed by atoms with van der Waals surface area (Å²) in [7, 11) is 0. The van der Waals surface area contributed by atoms with Crippen LogP contribution in [0.25, 0.3) is 5.69 Å². The molecule has 0 radical (unpaired) electrons. The highest BCUT2D eigenvalue weighted by atomic mass is 19.4. The summed E-state index contributed by atoms with van der Waals surface area (Å²) in [6.07, 6.45) is -1.36. The average Bonchev–Trinajstić information content (AvgIpc) is 3.31. The number of ether oxygens (including phenoxy) is 1. The van der Waals surface area contributed by atoms with Gasteiger partial charge in [0.15, 0.2) is 6.23 Å². The molecule has 1 aromatic heterocycles. The second-order valence-corrected chi connectivity index (χ2v) is 6.12. The van der Waals surface area contributed by atoms with Gasteiger partial charge in [-0.15, -0.1) is 0 Å². The van der Waals surface area contributed by atoms with Gasteiger partial charge in [-0.25, -0.2) is 0 Å². The summed E-state index contributed by atoms with van der Waals surface area (Å²) in [4.78, 5) is 2.11. The predicted octanol–water partition coefficient (Wildman–Crippen LogP) is 5.03. The molecule has 0 aliphatic carbocycles. The van der Waals surface area contributed by atoms with Crippen LogP contribution in [-0.2, 0) is 10.9 Å². The number of alkyl halides is 3. The van der Waals surface area contributed by atoms with Gasteiger partial charge in [0, 0.05) is 30.2 Å². The van der Waals surface area contributed by atoms with Gasteiger partial charge < -0.3 is 14.2 Å². The Morgan fingerprint density at radius 3 is 2.42 bits per heavy atom. The van der Waals surface area contributed by atoms with Gasteiger partial charge in [-0.1, -0.05) is 30.3 Å². The lowest BCUT2D eigenvalue weighted by Crippen LogP contribution is -2.22. The van der Waals surface area contributed by atoms with Gasteiger partial charge in [0.05, 0.1) is 17.9 Å². The van der Waals surface area contributed by atoms with Crippen molar-refractivity contribution in [1.82, 2.24) is 4.57 Å². The van der Waals surface area contributed by atoms with Gasteiger partial charge in [-0.2, -0.15) is 13.2 Å². The first-order valence-corrected chi connectivity index (χ1v) is 8.32. The summed E-state index contributed by atoms with van der Waals surface area (Å²) in [6, 6.07) is 17.2. The summed E-state index contributed by atoms with van der Waals surface area (Å²) >= 11 is 0. The lowest BCUT2D eigenvalue weighted by molar-refractivity contribution is -0.137. The Bertz CT molecular complexity index is 889. The molecule has 0 spiro atoms. The minimum Gasteiger partial charge on any atom is -0.352 e. The van der Waals surface area contributed by atoms with Crippen molar-refractivity contribution in [2.45, 2.75) is 12.4 Å². The second kappa shape index (κ2) is 6.53. The minimum atomic E-state index is -4.40. The van der Waals surface area contributed by atoms with E-state index >= 15 is 0 Å². The second-order valence-electron chi connectivity index (χ2n) is 6.12. The molecular formula is C20H17F3N2O. The van der Waals surface area contributed by atoms with Crippen molar-refractivity contribution in [3.05, 3.63) is 84.2 Å². The summed E-state index contributed by atoms with van der Waals surface area (Å²) in [6.45, 7) is 1.31. The fourth-order valence-corrected chi connectivity index (χ4v) is 3.28. The predicted molar refractivity (Wildman–Crippen MR) is 93.3 cm³/mol. The van der Waals surface area contributed by atoms with Crippen LogP contribution in [0, 0.1) is 0 Å². The molecule has 1 atom stereocenters. The maximum absolute atomic E-state index is 13.3. The minimum absolute atomic E-state index is 0.107. The van der Waals surface area contributed by atoms with E-state index < -0.39 is 11.7 Å². The Morgan fingerprint density at radius 1 is 0.923 bits per heavy atom. The fraction of sp³-hybridized carbons (Fsp3) is 0.200. The van der Waals surface area contributed by atoms with Crippen LogP contribution >= 0.6 is 0 Å². The van der Waals surface area contributed by atoms with E-state index in [4.69, 9.17) is 4.74 Å². The Balaban J connectivity index is 1.67. The average molecular weight is 358 g/mol. The number of rotatable bonds is 3. The van der Waals surface area contributed by atoms with E-state index in [1.165, 1.54) is 16.7 Å². The molecule has 2 heterocycles. The Hall–Kier alpha value is -2.73. The molecule has 134 valence electrons. The molecule has 1 fully saturated rings. The molecule has 1 saturated heterocycles. The third-order valence-corrected chi connectivity index (χ3v) is 4.47. The number of hydrogen-bond acceptors (Lipinski definition) is 2. The van der Waals surface area contributed by atoms with E-state index in [1.54, 1.807) is 24.5 Å². The zero-order valence-electron chi connectivity index (χ0n) is 13.9. The largest absolute Gasteiger partial charge is 0.418 e. The van der Waals surface area contributed by atoms with E-state index in [0.29, 0.717) is 6.61 Å². The smallest absolute Gasteiger partial charge is 0.352 e. The van der Waals surface area contributed by atoms with Gasteiger partial charge in [0.2, 0.25) is 0 Å². The summed E-state index contributed by atoms with van der Waals surface area (Å²) in [5, 5.41) is 0. The van der Waals surface area contributed by atoms with Crippen molar-refractivity contribution < 1.29 is 17.9 Å². The van der Waals surface area contributed by atoms with Crippen LogP contribution < -0.4 is 4.90 Å². The first-order valence-electron chi connectivity index (χ1n) is 8.32. The first kappa shape index (κ1) is 16.7. The van der Waals surface area contributed by atoms with Gasteiger partial charge in [0.25, 0.3) is 0 Å². The molecule has 4 rings (SSSR count). The zero-order chi connectivity index (χ0) is 18.1. The van der Waals surface area contributed by atoms with Crippen molar-refractivity contribution in [3.63, 3.8) is 0 Å². The maximum atomic E-state index is 13.3. The molecule has 6 heteroatoms. The lowest BCUT2D eigenvalue weighted by atomic mass is 10.1. The molecule has 26 heavy (non-hydrogen) atoms. The topological polar surface area (TPSA) is 17.4 Å². The van der Waals surface area contributed by atoms with Gasteiger partial charge in [-0.05, 0) is 30.3 Å². The number of aromatic nitrogens is 1. The van der Waals surface area contributed by atoms with E-state index in [9.17, 15) is 13.2 Å². The molecule has 3 nitrogen and oxygen atoms in total. The molecule has 3 aromatic rings. The molecule has 1 aliphatic rings. The molecule has 1 aliphatic heterocycles. The summed E-state index contributed by atoms with van der Waals surface area (Å²) < 4.78 is 47.2. The number of benzene rings is 2. The number of hydrogen-bond donors (Lipinski definition) is 0. The van der Waals surface area contributed by atoms with Gasteiger partial charge >= 0.3 is 6.18 Å². The van der Waals surface area contributed by atoms with Crippen LogP contribution in [0.3, 0.4) is 0 Å². The standard InChI is InChI=1S/C20H17F3N2O/c21-20(22,23)17-8-4-5-9-18(17)24-11-10-15(14-24)19-25(12-13-26-19)16-6-2-1-3-7-16/h1-11,14,19H,12-13H2. The van der Waals surface area contributed by atoms with Crippen LogP contribution in [0.5, 0.6) is 0 Å². The van der Waals surface area contributed by atoms with E-state index in [0.717, 1.165) is 23.9 Å². The Labute approximate surface area is 149 Å². The van der Waals surface area contributed by atoms with Crippen LogP contribution in [0.4, 0.5) is 18.9 Å². The molecular weight excluding hydrogens is 341 g/mol. The molecule has 0 saturated carbocycles. The summed E-state index contributed by atoms with van der Waals surface area (Å²) in [5.74, 6) is 0. The van der Waals surface area contributed by atoms with Crippen molar-refractivity contribution in [1.29, 1.82) is 0 Å². The first-order chi connectivity index (χ1) is 12.5. The maximum Gasteiger partial charge on any atom is 0.418 e. The number of anilines is 1.